The lowest BCUT2D eigenvalue weighted by atomic mass is 10.1. The topological polar surface area (TPSA) is 64.8 Å². The number of fused-ring (bicyclic) bond motifs is 2. The molecular formula is C18H17ClN4OS. The monoisotopic (exact) mass is 372 g/mol. The van der Waals surface area contributed by atoms with Crippen LogP contribution in [0.2, 0.25) is 5.15 Å². The van der Waals surface area contributed by atoms with Gasteiger partial charge in [-0.15, -0.1) is 0 Å². The lowest BCUT2D eigenvalue weighted by Crippen LogP contribution is -2.35. The van der Waals surface area contributed by atoms with Gasteiger partial charge < -0.3 is 4.98 Å². The van der Waals surface area contributed by atoms with Gasteiger partial charge >= 0.3 is 0 Å². The Labute approximate surface area is 154 Å². The van der Waals surface area contributed by atoms with Gasteiger partial charge in [0.2, 0.25) is 0 Å². The predicted octanol–water partition coefficient (Wildman–Crippen LogP) is 3.50. The van der Waals surface area contributed by atoms with Gasteiger partial charge in [0.25, 0.3) is 5.56 Å². The van der Waals surface area contributed by atoms with E-state index in [1.54, 1.807) is 0 Å². The Morgan fingerprint density at radius 2 is 2.16 bits per heavy atom. The van der Waals surface area contributed by atoms with Crippen LogP contribution >= 0.6 is 23.8 Å². The van der Waals surface area contributed by atoms with E-state index in [1.165, 1.54) is 5.56 Å². The normalized spacial score (nSPS) is 14.6. The zero-order valence-corrected chi connectivity index (χ0v) is 15.3. The van der Waals surface area contributed by atoms with E-state index in [-0.39, 0.29) is 5.56 Å². The molecule has 7 heteroatoms. The molecule has 25 heavy (non-hydrogen) atoms. The number of rotatable bonds is 2. The third-order valence-electron chi connectivity index (χ3n) is 4.58. The Bertz CT molecular complexity index is 1090. The summed E-state index contributed by atoms with van der Waals surface area (Å²) in [4.78, 5) is 24.6. The SMILES string of the molecule is Cc1ccc2nc(Cl)c(CN3CCc4[nH]c(=S)[nH]c(=O)c4C3)cc2c1. The van der Waals surface area contributed by atoms with Gasteiger partial charge in [-0.25, -0.2) is 4.98 Å². The van der Waals surface area contributed by atoms with Crippen molar-refractivity contribution in [1.29, 1.82) is 0 Å². The van der Waals surface area contributed by atoms with Crippen LogP contribution in [0.15, 0.2) is 29.1 Å². The van der Waals surface area contributed by atoms with Crippen molar-refractivity contribution in [3.63, 3.8) is 0 Å². The van der Waals surface area contributed by atoms with Crippen LogP contribution < -0.4 is 5.56 Å². The van der Waals surface area contributed by atoms with Crippen molar-refractivity contribution in [1.82, 2.24) is 19.9 Å². The molecule has 0 saturated carbocycles. The van der Waals surface area contributed by atoms with E-state index in [1.807, 2.05) is 12.1 Å². The molecule has 1 aliphatic rings. The van der Waals surface area contributed by atoms with Crippen LogP contribution in [0.5, 0.6) is 0 Å². The third-order valence-corrected chi connectivity index (χ3v) is 5.11. The molecule has 0 radical (unpaired) electrons. The summed E-state index contributed by atoms with van der Waals surface area (Å²) < 4.78 is 0.384. The van der Waals surface area contributed by atoms with Gasteiger partial charge in [-0.3, -0.25) is 14.7 Å². The first-order chi connectivity index (χ1) is 12.0. The van der Waals surface area contributed by atoms with Gasteiger partial charge in [0.1, 0.15) is 5.15 Å². The Kier molecular flexibility index (Phi) is 4.19. The smallest absolute Gasteiger partial charge is 0.256 e. The molecule has 0 unspecified atom stereocenters. The molecule has 1 aliphatic heterocycles. The van der Waals surface area contributed by atoms with E-state index in [4.69, 9.17) is 23.8 Å². The van der Waals surface area contributed by atoms with E-state index in [0.717, 1.165) is 40.7 Å². The fourth-order valence-corrected chi connectivity index (χ4v) is 3.74. The summed E-state index contributed by atoms with van der Waals surface area (Å²) in [5.74, 6) is 0. The van der Waals surface area contributed by atoms with Crippen molar-refractivity contribution in [2.24, 2.45) is 0 Å². The number of aromatic amines is 2. The van der Waals surface area contributed by atoms with E-state index in [9.17, 15) is 4.79 Å². The van der Waals surface area contributed by atoms with Crippen LogP contribution in [0.4, 0.5) is 0 Å². The van der Waals surface area contributed by atoms with Crippen molar-refractivity contribution < 1.29 is 0 Å². The largest absolute Gasteiger partial charge is 0.335 e. The maximum absolute atomic E-state index is 12.2. The molecule has 0 saturated heterocycles. The number of pyridine rings is 1. The second kappa shape index (κ2) is 6.37. The fourth-order valence-electron chi connectivity index (χ4n) is 3.32. The number of hydrogen-bond donors (Lipinski definition) is 2. The molecule has 0 bridgehead atoms. The zero-order chi connectivity index (χ0) is 17.6. The zero-order valence-electron chi connectivity index (χ0n) is 13.7. The predicted molar refractivity (Wildman–Crippen MR) is 102 cm³/mol. The molecule has 3 aromatic rings. The highest BCUT2D eigenvalue weighted by atomic mass is 35.5. The number of halogens is 1. The summed E-state index contributed by atoms with van der Waals surface area (Å²) in [6.45, 7) is 4.12. The van der Waals surface area contributed by atoms with Gasteiger partial charge in [-0.1, -0.05) is 23.2 Å². The van der Waals surface area contributed by atoms with E-state index in [2.05, 4.69) is 38.9 Å². The van der Waals surface area contributed by atoms with Gasteiger partial charge in [0.05, 0.1) is 11.1 Å². The Morgan fingerprint density at radius 3 is 3.00 bits per heavy atom. The van der Waals surface area contributed by atoms with Gasteiger partial charge in [-0.05, 0) is 37.3 Å². The van der Waals surface area contributed by atoms with Crippen molar-refractivity contribution in [3.8, 4) is 0 Å². The van der Waals surface area contributed by atoms with Crippen molar-refractivity contribution in [2.45, 2.75) is 26.4 Å². The first-order valence-electron chi connectivity index (χ1n) is 8.12. The molecule has 4 rings (SSSR count). The highest BCUT2D eigenvalue weighted by Crippen LogP contribution is 2.24. The van der Waals surface area contributed by atoms with Crippen molar-refractivity contribution in [2.75, 3.05) is 6.54 Å². The summed E-state index contributed by atoms with van der Waals surface area (Å²) in [7, 11) is 0. The van der Waals surface area contributed by atoms with Crippen molar-refractivity contribution in [3.05, 3.63) is 66.9 Å². The van der Waals surface area contributed by atoms with E-state index < -0.39 is 0 Å². The van der Waals surface area contributed by atoms with E-state index >= 15 is 0 Å². The second-order valence-corrected chi connectivity index (χ2v) is 7.23. The van der Waals surface area contributed by atoms with Gasteiger partial charge in [0.15, 0.2) is 4.77 Å². The van der Waals surface area contributed by atoms with Crippen LogP contribution in [-0.4, -0.2) is 26.4 Å². The molecule has 1 aromatic carbocycles. The molecule has 5 nitrogen and oxygen atoms in total. The number of aryl methyl sites for hydroxylation is 1. The highest BCUT2D eigenvalue weighted by molar-refractivity contribution is 7.71. The number of H-pyrrole nitrogens is 2. The first kappa shape index (κ1) is 16.4. The maximum Gasteiger partial charge on any atom is 0.256 e. The minimum Gasteiger partial charge on any atom is -0.335 e. The number of nitrogens with one attached hydrogen (secondary N) is 2. The molecule has 3 heterocycles. The molecule has 0 fully saturated rings. The fraction of sp³-hybridized carbons (Fsp3) is 0.278. The number of benzene rings is 1. The van der Waals surface area contributed by atoms with Crippen LogP contribution in [0.25, 0.3) is 10.9 Å². The lowest BCUT2D eigenvalue weighted by molar-refractivity contribution is 0.241. The quantitative estimate of drug-likeness (QED) is 0.533. The van der Waals surface area contributed by atoms with Crippen molar-refractivity contribution >= 4 is 34.7 Å². The minimum atomic E-state index is -0.109. The first-order valence-corrected chi connectivity index (χ1v) is 8.91. The Balaban J connectivity index is 1.64. The standard InChI is InChI=1S/C18H17ClN4OS/c1-10-2-3-14-11(6-10)7-12(16(19)20-14)8-23-5-4-15-13(9-23)17(24)22-18(25)21-15/h2-3,6-7H,4-5,8-9H2,1H3,(H2,21,22,24,25). The Morgan fingerprint density at radius 1 is 1.32 bits per heavy atom. The summed E-state index contributed by atoms with van der Waals surface area (Å²) in [6, 6.07) is 8.22. The molecule has 2 aromatic heterocycles. The number of hydrogen-bond acceptors (Lipinski definition) is 4. The summed E-state index contributed by atoms with van der Waals surface area (Å²) >= 11 is 11.4. The maximum atomic E-state index is 12.2. The lowest BCUT2D eigenvalue weighted by Gasteiger charge is -2.28. The Hall–Kier alpha value is -2.02. The third kappa shape index (κ3) is 3.25. The number of nitrogens with zero attached hydrogens (tertiary/aromatic N) is 2. The van der Waals surface area contributed by atoms with Gasteiger partial charge in [-0.2, -0.15) is 0 Å². The summed E-state index contributed by atoms with van der Waals surface area (Å²) in [5, 5.41) is 1.60. The molecule has 2 N–H and O–H groups in total. The van der Waals surface area contributed by atoms with E-state index in [0.29, 0.717) is 23.0 Å². The molecule has 128 valence electrons. The minimum absolute atomic E-state index is 0.109. The van der Waals surface area contributed by atoms with Crippen LogP contribution in [0, 0.1) is 11.7 Å². The van der Waals surface area contributed by atoms with Crippen LogP contribution in [0.3, 0.4) is 0 Å². The molecule has 0 amide bonds. The van der Waals surface area contributed by atoms with Gasteiger partial charge in [0, 0.05) is 42.7 Å². The summed E-state index contributed by atoms with van der Waals surface area (Å²) in [6.07, 6.45) is 0.765. The highest BCUT2D eigenvalue weighted by Gasteiger charge is 2.20. The molecular weight excluding hydrogens is 356 g/mol. The summed E-state index contributed by atoms with van der Waals surface area (Å²) in [5.41, 5.74) is 4.64. The average molecular weight is 373 g/mol. The molecule has 0 aliphatic carbocycles. The molecule has 0 spiro atoms. The van der Waals surface area contributed by atoms with Crippen LogP contribution in [0.1, 0.15) is 22.4 Å². The molecule has 0 atom stereocenters. The van der Waals surface area contributed by atoms with Crippen LogP contribution in [-0.2, 0) is 19.5 Å². The second-order valence-electron chi connectivity index (χ2n) is 6.46. The average Bonchev–Trinajstić information content (AvgIpc) is 2.56. The number of aromatic nitrogens is 3.